The van der Waals surface area contributed by atoms with Crippen molar-refractivity contribution in [2.24, 2.45) is 10.7 Å². The highest BCUT2D eigenvalue weighted by Crippen LogP contribution is 2.39. The molecular formula is C15H5Cl4F3N6. The molecule has 0 spiro atoms. The quantitative estimate of drug-likeness (QED) is 0.498. The Balaban J connectivity index is 2.71. The minimum absolute atomic E-state index is 0.0614. The zero-order valence-corrected chi connectivity index (χ0v) is 16.2. The van der Waals surface area contributed by atoms with Gasteiger partial charge in [-0.1, -0.05) is 34.8 Å². The van der Waals surface area contributed by atoms with Crippen LogP contribution in [-0.2, 0) is 6.18 Å². The minimum atomic E-state index is -4.67. The summed E-state index contributed by atoms with van der Waals surface area (Å²) < 4.78 is 39.8. The Morgan fingerprint density at radius 2 is 1.71 bits per heavy atom. The highest BCUT2D eigenvalue weighted by Gasteiger charge is 2.32. The maximum absolute atomic E-state index is 12.9. The van der Waals surface area contributed by atoms with Crippen LogP contribution in [0.2, 0.25) is 20.5 Å². The van der Waals surface area contributed by atoms with Crippen molar-refractivity contribution < 1.29 is 13.2 Å². The van der Waals surface area contributed by atoms with Crippen LogP contribution in [0.3, 0.4) is 0 Å². The SMILES string of the molecule is N#CC(N)=C(C#N)N=Cc1c(Cl)nc(Cl)n1-c1c(Cl)cc(C(F)(F)F)cc1Cl. The molecule has 13 heteroatoms. The predicted molar refractivity (Wildman–Crippen MR) is 98.6 cm³/mol. The van der Waals surface area contributed by atoms with Crippen molar-refractivity contribution in [1.29, 1.82) is 10.5 Å². The van der Waals surface area contributed by atoms with Crippen LogP contribution in [0.25, 0.3) is 5.69 Å². The summed E-state index contributed by atoms with van der Waals surface area (Å²) in [5.41, 5.74) is 3.19. The summed E-state index contributed by atoms with van der Waals surface area (Å²) in [5, 5.41) is 16.4. The Bertz CT molecular complexity index is 1070. The van der Waals surface area contributed by atoms with Crippen LogP contribution >= 0.6 is 46.4 Å². The fourth-order valence-electron chi connectivity index (χ4n) is 1.98. The van der Waals surface area contributed by atoms with Crippen LogP contribution < -0.4 is 5.73 Å². The van der Waals surface area contributed by atoms with Crippen LogP contribution in [0.1, 0.15) is 11.3 Å². The molecule has 0 bridgehead atoms. The molecule has 0 fully saturated rings. The molecule has 0 amide bonds. The van der Waals surface area contributed by atoms with E-state index in [1.165, 1.54) is 0 Å². The van der Waals surface area contributed by atoms with E-state index in [4.69, 9.17) is 62.7 Å². The van der Waals surface area contributed by atoms with E-state index in [0.717, 1.165) is 10.8 Å². The number of nitrogens with two attached hydrogens (primary N) is 1. The number of alkyl halides is 3. The average molecular weight is 468 g/mol. The van der Waals surface area contributed by atoms with Crippen molar-refractivity contribution in [3.63, 3.8) is 0 Å². The molecule has 0 aliphatic rings. The van der Waals surface area contributed by atoms with Crippen LogP contribution in [0.15, 0.2) is 28.5 Å². The van der Waals surface area contributed by atoms with Crippen molar-refractivity contribution in [1.82, 2.24) is 9.55 Å². The first-order chi connectivity index (χ1) is 13.0. The Morgan fingerprint density at radius 3 is 2.18 bits per heavy atom. The second-order valence-corrected chi connectivity index (χ2v) is 6.43. The second-order valence-electron chi connectivity index (χ2n) is 4.92. The highest BCUT2D eigenvalue weighted by molar-refractivity contribution is 6.39. The standard InChI is InChI=1S/C15H5Cl4F3N6/c16-7-1-6(15(20,21)22)2-8(17)12(7)28-11(13(18)27-14(28)19)5-26-10(4-24)9(25)3-23/h1-2,5H,25H2. The van der Waals surface area contributed by atoms with Gasteiger partial charge in [-0.2, -0.15) is 23.7 Å². The van der Waals surface area contributed by atoms with Gasteiger partial charge in [0.15, 0.2) is 10.9 Å². The molecule has 0 radical (unpaired) electrons. The summed E-state index contributed by atoms with van der Waals surface area (Å²) in [4.78, 5) is 7.51. The third-order valence-corrected chi connectivity index (χ3v) is 4.30. The van der Waals surface area contributed by atoms with Crippen LogP contribution in [0.5, 0.6) is 0 Å². The van der Waals surface area contributed by atoms with E-state index in [1.54, 1.807) is 12.1 Å². The lowest BCUT2D eigenvalue weighted by atomic mass is 10.2. The van der Waals surface area contributed by atoms with E-state index in [1.807, 2.05) is 0 Å². The van der Waals surface area contributed by atoms with Gasteiger partial charge in [-0.25, -0.2) is 9.98 Å². The van der Waals surface area contributed by atoms with Gasteiger partial charge < -0.3 is 5.73 Å². The molecule has 0 saturated heterocycles. The predicted octanol–water partition coefficient (Wildman–Crippen LogP) is 5.14. The summed E-state index contributed by atoms with van der Waals surface area (Å²) >= 11 is 24.0. The van der Waals surface area contributed by atoms with E-state index in [-0.39, 0.29) is 21.8 Å². The number of benzene rings is 1. The fourth-order valence-corrected chi connectivity index (χ4v) is 3.16. The lowest BCUT2D eigenvalue weighted by molar-refractivity contribution is -0.137. The van der Waals surface area contributed by atoms with Crippen LogP contribution in [0, 0.1) is 22.7 Å². The van der Waals surface area contributed by atoms with E-state index in [0.29, 0.717) is 12.1 Å². The number of halogens is 7. The zero-order valence-electron chi connectivity index (χ0n) is 13.2. The molecule has 2 rings (SSSR count). The smallest absolute Gasteiger partial charge is 0.388 e. The normalized spacial score (nSPS) is 12.6. The molecule has 0 aliphatic carbocycles. The number of aliphatic imine (C=N–C) groups is 1. The summed E-state index contributed by atoms with van der Waals surface area (Å²) in [5.74, 6) is 0. The second kappa shape index (κ2) is 8.29. The van der Waals surface area contributed by atoms with Crippen molar-refractivity contribution in [3.05, 3.63) is 55.3 Å². The van der Waals surface area contributed by atoms with Gasteiger partial charge in [0.2, 0.25) is 5.28 Å². The molecule has 1 heterocycles. The molecule has 144 valence electrons. The third kappa shape index (κ3) is 4.34. The molecule has 2 N–H and O–H groups in total. The topological polar surface area (TPSA) is 104 Å². The number of allylic oxidation sites excluding steroid dienone is 2. The van der Waals surface area contributed by atoms with Crippen molar-refractivity contribution >= 4 is 52.6 Å². The van der Waals surface area contributed by atoms with E-state index >= 15 is 0 Å². The van der Waals surface area contributed by atoms with E-state index < -0.39 is 33.2 Å². The molecule has 0 atom stereocenters. The molecule has 6 nitrogen and oxygen atoms in total. The van der Waals surface area contributed by atoms with Gasteiger partial charge >= 0.3 is 6.18 Å². The maximum Gasteiger partial charge on any atom is 0.416 e. The molecule has 0 unspecified atom stereocenters. The van der Waals surface area contributed by atoms with Gasteiger partial charge in [-0.05, 0) is 23.7 Å². The van der Waals surface area contributed by atoms with Crippen molar-refractivity contribution in [3.8, 4) is 17.8 Å². The molecule has 0 saturated carbocycles. The summed E-state index contributed by atoms with van der Waals surface area (Å²) in [6.07, 6.45) is -3.68. The first-order valence-electron chi connectivity index (χ1n) is 6.85. The average Bonchev–Trinajstić information content (AvgIpc) is 2.87. The maximum atomic E-state index is 12.9. The summed E-state index contributed by atoms with van der Waals surface area (Å²) in [6, 6.07) is 4.46. The molecule has 1 aromatic carbocycles. The molecule has 0 aliphatic heterocycles. The molecule has 28 heavy (non-hydrogen) atoms. The Kier molecular flexibility index (Phi) is 6.48. The van der Waals surface area contributed by atoms with Crippen LogP contribution in [0.4, 0.5) is 13.2 Å². The summed E-state index contributed by atoms with van der Waals surface area (Å²) in [7, 11) is 0. The lowest BCUT2D eigenvalue weighted by Gasteiger charge is -2.14. The van der Waals surface area contributed by atoms with Crippen molar-refractivity contribution in [2.45, 2.75) is 6.18 Å². The zero-order chi connectivity index (χ0) is 21.2. The molecule has 1 aromatic heterocycles. The lowest BCUT2D eigenvalue weighted by Crippen LogP contribution is -2.08. The number of hydrogen-bond donors (Lipinski definition) is 1. The molecule has 2 aromatic rings. The number of nitrogens with zero attached hydrogens (tertiary/aromatic N) is 5. The number of rotatable bonds is 3. The van der Waals surface area contributed by atoms with Gasteiger partial charge in [0.25, 0.3) is 0 Å². The number of imidazole rings is 1. The first kappa shape index (κ1) is 21.9. The number of hydrogen-bond acceptors (Lipinski definition) is 5. The minimum Gasteiger partial charge on any atom is -0.388 e. The van der Waals surface area contributed by atoms with Gasteiger partial charge in [-0.15, -0.1) is 0 Å². The van der Waals surface area contributed by atoms with Gasteiger partial charge in [0.05, 0.1) is 27.5 Å². The summed E-state index contributed by atoms with van der Waals surface area (Å²) in [6.45, 7) is 0. The highest BCUT2D eigenvalue weighted by atomic mass is 35.5. The third-order valence-electron chi connectivity index (χ3n) is 3.19. The van der Waals surface area contributed by atoms with Gasteiger partial charge in [0, 0.05) is 0 Å². The Morgan fingerprint density at radius 1 is 1.14 bits per heavy atom. The fraction of sp³-hybridized carbons (Fsp3) is 0.0667. The molecular weight excluding hydrogens is 463 g/mol. The Labute approximate surface area is 175 Å². The monoisotopic (exact) mass is 466 g/mol. The van der Waals surface area contributed by atoms with Gasteiger partial charge in [-0.3, -0.25) is 4.57 Å². The number of aromatic nitrogens is 2. The van der Waals surface area contributed by atoms with Gasteiger partial charge in [0.1, 0.15) is 23.5 Å². The Hall–Kier alpha value is -2.43. The van der Waals surface area contributed by atoms with Crippen molar-refractivity contribution in [2.75, 3.05) is 0 Å². The van der Waals surface area contributed by atoms with E-state index in [9.17, 15) is 13.2 Å². The van der Waals surface area contributed by atoms with E-state index in [2.05, 4.69) is 9.98 Å². The van der Waals surface area contributed by atoms with Crippen LogP contribution in [-0.4, -0.2) is 15.8 Å². The largest absolute Gasteiger partial charge is 0.416 e. The first-order valence-corrected chi connectivity index (χ1v) is 8.36. The number of nitriles is 2.